The van der Waals surface area contributed by atoms with E-state index in [-0.39, 0.29) is 11.8 Å². The molecular weight excluding hydrogens is 478 g/mol. The minimum absolute atomic E-state index is 0.306. The Balaban J connectivity index is 1.44. The first-order valence-electron chi connectivity index (χ1n) is 12.6. The molecule has 2 heterocycles. The van der Waals surface area contributed by atoms with E-state index >= 15 is 0 Å². The molecule has 0 spiro atoms. The van der Waals surface area contributed by atoms with Gasteiger partial charge in [-0.2, -0.15) is 0 Å². The van der Waals surface area contributed by atoms with E-state index in [2.05, 4.69) is 0 Å². The van der Waals surface area contributed by atoms with Crippen LogP contribution in [-0.4, -0.2) is 24.9 Å². The zero-order chi connectivity index (χ0) is 26.0. The van der Waals surface area contributed by atoms with Gasteiger partial charge in [-0.25, -0.2) is 4.90 Å². The number of amides is 2. The highest BCUT2D eigenvalue weighted by Gasteiger charge is 2.60. The number of anilines is 1. The summed E-state index contributed by atoms with van der Waals surface area (Å²) in [6.07, 6.45) is 2.00. The highest BCUT2D eigenvalue weighted by atomic mass is 16.5. The summed E-state index contributed by atoms with van der Waals surface area (Å²) >= 11 is 0. The molecule has 2 aliphatic heterocycles. The van der Waals surface area contributed by atoms with Crippen LogP contribution in [0.5, 0.6) is 11.5 Å². The number of ether oxygens (including phenoxy) is 2. The number of hydrogen-bond acceptors (Lipinski definition) is 5. The van der Waals surface area contributed by atoms with Gasteiger partial charge in [0, 0.05) is 16.9 Å². The summed E-state index contributed by atoms with van der Waals surface area (Å²) in [5.41, 5.74) is 2.90. The van der Waals surface area contributed by atoms with Gasteiger partial charge in [0.2, 0.25) is 11.8 Å². The first-order valence-corrected chi connectivity index (χ1v) is 12.6. The highest BCUT2D eigenvalue weighted by Crippen LogP contribution is 2.55. The van der Waals surface area contributed by atoms with Crippen molar-refractivity contribution in [3.05, 3.63) is 108 Å². The maximum Gasteiger partial charge on any atom is 0.319 e. The molecular formula is C32H23NO5. The van der Waals surface area contributed by atoms with Crippen LogP contribution in [0.15, 0.2) is 97.1 Å². The molecule has 4 atom stereocenters. The fourth-order valence-electron chi connectivity index (χ4n) is 6.27. The van der Waals surface area contributed by atoms with Crippen molar-refractivity contribution in [3.63, 3.8) is 0 Å². The van der Waals surface area contributed by atoms with Crippen LogP contribution in [0.4, 0.5) is 5.69 Å². The van der Waals surface area contributed by atoms with Gasteiger partial charge in [-0.3, -0.25) is 14.4 Å². The van der Waals surface area contributed by atoms with Crippen molar-refractivity contribution in [2.24, 2.45) is 17.8 Å². The Morgan fingerprint density at radius 1 is 0.763 bits per heavy atom. The van der Waals surface area contributed by atoms with E-state index in [0.717, 1.165) is 27.5 Å². The molecule has 1 saturated heterocycles. The third-order valence-electron chi connectivity index (χ3n) is 8.00. The number of esters is 1. The van der Waals surface area contributed by atoms with Crippen molar-refractivity contribution in [1.29, 1.82) is 0 Å². The quantitative estimate of drug-likeness (QED) is 0.214. The summed E-state index contributed by atoms with van der Waals surface area (Å²) in [5.74, 6) is -2.87. The molecule has 6 nitrogen and oxygen atoms in total. The SMILES string of the molecule is COc1ccc([C@@H]2C=C3c4ccc5ccccc5c4OC(=O)[C@@H]3[C@@H]3C(=O)N(c4ccccc4)C(=O)[C@@H]32)cc1. The van der Waals surface area contributed by atoms with Crippen LogP contribution >= 0.6 is 0 Å². The van der Waals surface area contributed by atoms with Gasteiger partial charge in [0.05, 0.1) is 30.6 Å². The predicted octanol–water partition coefficient (Wildman–Crippen LogP) is 5.37. The highest BCUT2D eigenvalue weighted by molar-refractivity contribution is 6.24. The first kappa shape index (κ1) is 22.5. The molecule has 0 aromatic heterocycles. The third kappa shape index (κ3) is 3.16. The van der Waals surface area contributed by atoms with E-state index in [1.54, 1.807) is 31.4 Å². The van der Waals surface area contributed by atoms with E-state index < -0.39 is 29.6 Å². The molecule has 4 aromatic carbocycles. The molecule has 0 N–H and O–H groups in total. The molecule has 2 amide bonds. The molecule has 3 aliphatic rings. The van der Waals surface area contributed by atoms with Crippen LogP contribution in [0.3, 0.4) is 0 Å². The Morgan fingerprint density at radius 3 is 2.24 bits per heavy atom. The first-order chi connectivity index (χ1) is 18.6. The van der Waals surface area contributed by atoms with Crippen LogP contribution in [-0.2, 0) is 14.4 Å². The molecule has 0 bridgehead atoms. The van der Waals surface area contributed by atoms with Crippen molar-refractivity contribution in [2.75, 3.05) is 12.0 Å². The van der Waals surface area contributed by atoms with Crippen LogP contribution in [0.2, 0.25) is 0 Å². The van der Waals surface area contributed by atoms with Crippen molar-refractivity contribution >= 4 is 39.8 Å². The van der Waals surface area contributed by atoms with Crippen LogP contribution in [0.1, 0.15) is 17.0 Å². The van der Waals surface area contributed by atoms with Gasteiger partial charge in [-0.15, -0.1) is 0 Å². The maximum absolute atomic E-state index is 14.0. The third-order valence-corrected chi connectivity index (χ3v) is 8.00. The second-order valence-electron chi connectivity index (χ2n) is 9.88. The van der Waals surface area contributed by atoms with Crippen molar-refractivity contribution in [1.82, 2.24) is 0 Å². The zero-order valence-electron chi connectivity index (χ0n) is 20.5. The normalized spacial score (nSPS) is 23.9. The minimum Gasteiger partial charge on any atom is -0.497 e. The second-order valence-corrected chi connectivity index (χ2v) is 9.88. The van der Waals surface area contributed by atoms with Gasteiger partial charge >= 0.3 is 5.97 Å². The number of hydrogen-bond donors (Lipinski definition) is 0. The predicted molar refractivity (Wildman–Crippen MR) is 143 cm³/mol. The van der Waals surface area contributed by atoms with Crippen LogP contribution in [0.25, 0.3) is 16.3 Å². The lowest BCUT2D eigenvalue weighted by Crippen LogP contribution is -2.42. The molecule has 0 radical (unpaired) electrons. The summed E-state index contributed by atoms with van der Waals surface area (Å²) in [4.78, 5) is 42.8. The largest absolute Gasteiger partial charge is 0.497 e. The van der Waals surface area contributed by atoms with Crippen molar-refractivity contribution in [2.45, 2.75) is 5.92 Å². The number of fused-ring (bicyclic) bond motifs is 7. The fourth-order valence-corrected chi connectivity index (χ4v) is 6.27. The second kappa shape index (κ2) is 8.42. The average molecular weight is 502 g/mol. The summed E-state index contributed by atoms with van der Waals surface area (Å²) in [6.45, 7) is 0. The molecule has 0 saturated carbocycles. The molecule has 38 heavy (non-hydrogen) atoms. The Hall–Kier alpha value is -4.71. The standard InChI is InChI=1S/C32H23NO5/c1-37-21-14-11-19(12-15-21)24-17-25-23-16-13-18-7-5-6-10-22(18)29(23)38-32(36)27(25)28-26(24)30(34)33(31(28)35)20-8-3-2-4-9-20/h2-17,24,26-28H,1H3/t24-,26+,27-,28+/m0/s1. The van der Waals surface area contributed by atoms with E-state index in [0.29, 0.717) is 17.2 Å². The number of allylic oxidation sites excluding steroid dienone is 1. The molecule has 4 aromatic rings. The lowest BCUT2D eigenvalue weighted by molar-refractivity contribution is -0.142. The molecule has 0 unspecified atom stereocenters. The van der Waals surface area contributed by atoms with Gasteiger partial charge < -0.3 is 9.47 Å². The molecule has 186 valence electrons. The Bertz CT molecular complexity index is 1660. The van der Waals surface area contributed by atoms with E-state index in [4.69, 9.17) is 9.47 Å². The number of imide groups is 1. The Labute approximate surface area is 219 Å². The monoisotopic (exact) mass is 501 g/mol. The summed E-state index contributed by atoms with van der Waals surface area (Å²) < 4.78 is 11.3. The Morgan fingerprint density at radius 2 is 1.47 bits per heavy atom. The molecule has 1 aliphatic carbocycles. The number of para-hydroxylation sites is 1. The molecule has 1 fully saturated rings. The van der Waals surface area contributed by atoms with Crippen LogP contribution in [0, 0.1) is 17.8 Å². The van der Waals surface area contributed by atoms with Gasteiger partial charge in [0.25, 0.3) is 0 Å². The smallest absolute Gasteiger partial charge is 0.319 e. The number of carbonyl (C=O) groups excluding carboxylic acids is 3. The number of nitrogens with zero attached hydrogens (tertiary/aromatic N) is 1. The lowest BCUT2D eigenvalue weighted by Gasteiger charge is -2.38. The van der Waals surface area contributed by atoms with Crippen LogP contribution < -0.4 is 14.4 Å². The lowest BCUT2D eigenvalue weighted by atomic mass is 9.64. The molecule has 7 rings (SSSR count). The van der Waals surface area contributed by atoms with Crippen molar-refractivity contribution in [3.8, 4) is 11.5 Å². The fraction of sp³-hybridized carbons (Fsp3) is 0.156. The number of carbonyl (C=O) groups is 3. The van der Waals surface area contributed by atoms with Gasteiger partial charge in [-0.05, 0) is 40.8 Å². The average Bonchev–Trinajstić information content (AvgIpc) is 3.22. The van der Waals surface area contributed by atoms with Gasteiger partial charge in [0.15, 0.2) is 0 Å². The summed E-state index contributed by atoms with van der Waals surface area (Å²) in [6, 6.07) is 28.1. The van der Waals surface area contributed by atoms with E-state index in [1.807, 2.05) is 72.8 Å². The minimum atomic E-state index is -0.873. The number of rotatable bonds is 3. The van der Waals surface area contributed by atoms with Gasteiger partial charge in [-0.1, -0.05) is 72.8 Å². The van der Waals surface area contributed by atoms with E-state index in [1.165, 1.54) is 4.90 Å². The van der Waals surface area contributed by atoms with Crippen molar-refractivity contribution < 1.29 is 23.9 Å². The molecule has 6 heteroatoms. The number of benzene rings is 4. The zero-order valence-corrected chi connectivity index (χ0v) is 20.5. The Kier molecular flexibility index (Phi) is 4.98. The van der Waals surface area contributed by atoms with Gasteiger partial charge in [0.1, 0.15) is 11.5 Å². The summed E-state index contributed by atoms with van der Waals surface area (Å²) in [5, 5.41) is 1.79. The maximum atomic E-state index is 14.0. The van der Waals surface area contributed by atoms with E-state index in [9.17, 15) is 14.4 Å². The topological polar surface area (TPSA) is 72.9 Å². The number of methoxy groups -OCH3 is 1. The summed E-state index contributed by atoms with van der Waals surface area (Å²) in [7, 11) is 1.60.